The topological polar surface area (TPSA) is 32.3 Å². The Balaban J connectivity index is 1.91. The first-order valence-corrected chi connectivity index (χ1v) is 6.36. The third-order valence-corrected chi connectivity index (χ3v) is 3.75. The number of benzene rings is 1. The summed E-state index contributed by atoms with van der Waals surface area (Å²) in [4.78, 5) is 0. The van der Waals surface area contributed by atoms with Crippen molar-refractivity contribution in [3.63, 3.8) is 0 Å². The van der Waals surface area contributed by atoms with Gasteiger partial charge in [-0.1, -0.05) is 24.1 Å². The SMILES string of the molecule is OCC1CCCC1NCc1ccc(Cl)c(F)c1. The van der Waals surface area contributed by atoms with Crippen LogP contribution >= 0.6 is 11.6 Å². The third kappa shape index (κ3) is 3.18. The molecule has 0 saturated heterocycles. The lowest BCUT2D eigenvalue weighted by Gasteiger charge is -2.19. The van der Waals surface area contributed by atoms with Gasteiger partial charge in [0.1, 0.15) is 5.82 Å². The summed E-state index contributed by atoms with van der Waals surface area (Å²) in [6, 6.07) is 5.20. The van der Waals surface area contributed by atoms with Gasteiger partial charge in [-0.25, -0.2) is 4.39 Å². The first-order chi connectivity index (χ1) is 8.20. The van der Waals surface area contributed by atoms with Crippen LogP contribution in [0.25, 0.3) is 0 Å². The fraction of sp³-hybridized carbons (Fsp3) is 0.538. The van der Waals surface area contributed by atoms with Crippen molar-refractivity contribution in [2.45, 2.75) is 31.8 Å². The van der Waals surface area contributed by atoms with E-state index in [-0.39, 0.29) is 17.4 Å². The first-order valence-electron chi connectivity index (χ1n) is 5.99. The number of rotatable bonds is 4. The second-order valence-electron chi connectivity index (χ2n) is 4.61. The Morgan fingerprint density at radius 1 is 1.41 bits per heavy atom. The van der Waals surface area contributed by atoms with E-state index in [0.29, 0.717) is 18.5 Å². The van der Waals surface area contributed by atoms with Gasteiger partial charge in [-0.2, -0.15) is 0 Å². The van der Waals surface area contributed by atoms with Gasteiger partial charge in [0.25, 0.3) is 0 Å². The number of hydrogen-bond donors (Lipinski definition) is 2. The summed E-state index contributed by atoms with van der Waals surface area (Å²) in [5, 5.41) is 12.7. The van der Waals surface area contributed by atoms with Crippen molar-refractivity contribution in [1.29, 1.82) is 0 Å². The van der Waals surface area contributed by atoms with Gasteiger partial charge in [0.15, 0.2) is 0 Å². The van der Waals surface area contributed by atoms with Crippen LogP contribution in [0.3, 0.4) is 0 Å². The molecule has 0 spiro atoms. The molecule has 94 valence electrons. The standard InChI is InChI=1S/C13H17ClFNO/c14-11-5-4-9(6-12(11)15)7-16-13-3-1-2-10(13)8-17/h4-6,10,13,16-17H,1-3,7-8H2. The molecule has 1 aliphatic rings. The van der Waals surface area contributed by atoms with Crippen LogP contribution < -0.4 is 5.32 Å². The number of aliphatic hydroxyl groups is 1. The van der Waals surface area contributed by atoms with Crippen LogP contribution in [0.4, 0.5) is 4.39 Å². The van der Waals surface area contributed by atoms with E-state index in [2.05, 4.69) is 5.32 Å². The summed E-state index contributed by atoms with van der Waals surface area (Å²) in [6.07, 6.45) is 3.31. The maximum atomic E-state index is 13.2. The molecule has 2 nitrogen and oxygen atoms in total. The summed E-state index contributed by atoms with van der Waals surface area (Å²) in [5.74, 6) is -0.0387. The molecular weight excluding hydrogens is 241 g/mol. The second-order valence-corrected chi connectivity index (χ2v) is 5.02. The van der Waals surface area contributed by atoms with E-state index in [0.717, 1.165) is 24.8 Å². The van der Waals surface area contributed by atoms with Crippen molar-refractivity contribution in [1.82, 2.24) is 5.32 Å². The second kappa shape index (κ2) is 5.80. The van der Waals surface area contributed by atoms with E-state index < -0.39 is 0 Å². The molecule has 0 amide bonds. The summed E-state index contributed by atoms with van der Waals surface area (Å²) >= 11 is 5.63. The average molecular weight is 258 g/mol. The highest BCUT2D eigenvalue weighted by molar-refractivity contribution is 6.30. The van der Waals surface area contributed by atoms with Crippen molar-refractivity contribution < 1.29 is 9.50 Å². The van der Waals surface area contributed by atoms with Crippen LogP contribution in [0.15, 0.2) is 18.2 Å². The Morgan fingerprint density at radius 2 is 2.24 bits per heavy atom. The van der Waals surface area contributed by atoms with Gasteiger partial charge in [-0.3, -0.25) is 0 Å². The van der Waals surface area contributed by atoms with Crippen LogP contribution in [-0.4, -0.2) is 17.8 Å². The van der Waals surface area contributed by atoms with E-state index in [1.54, 1.807) is 6.07 Å². The lowest BCUT2D eigenvalue weighted by Crippen LogP contribution is -2.33. The highest BCUT2D eigenvalue weighted by atomic mass is 35.5. The molecule has 1 saturated carbocycles. The minimum absolute atomic E-state index is 0.155. The molecule has 0 aromatic heterocycles. The van der Waals surface area contributed by atoms with Crippen LogP contribution in [0.2, 0.25) is 5.02 Å². The van der Waals surface area contributed by atoms with Crippen molar-refractivity contribution >= 4 is 11.6 Å². The molecule has 0 aliphatic heterocycles. The Bertz CT molecular complexity index is 386. The van der Waals surface area contributed by atoms with Gasteiger partial charge < -0.3 is 10.4 Å². The van der Waals surface area contributed by atoms with Crippen molar-refractivity contribution in [3.05, 3.63) is 34.6 Å². The fourth-order valence-corrected chi connectivity index (χ4v) is 2.54. The van der Waals surface area contributed by atoms with Crippen LogP contribution in [0.5, 0.6) is 0 Å². The molecule has 1 aromatic carbocycles. The minimum atomic E-state index is -0.379. The molecule has 0 heterocycles. The predicted octanol–water partition coefficient (Wildman–Crippen LogP) is 2.73. The zero-order valence-electron chi connectivity index (χ0n) is 9.63. The molecule has 2 N–H and O–H groups in total. The predicted molar refractivity (Wildman–Crippen MR) is 66.5 cm³/mol. The Hall–Kier alpha value is -0.640. The van der Waals surface area contributed by atoms with E-state index in [4.69, 9.17) is 11.6 Å². The molecular formula is C13H17ClFNO. The first kappa shape index (κ1) is 12.8. The van der Waals surface area contributed by atoms with E-state index in [9.17, 15) is 9.50 Å². The lowest BCUT2D eigenvalue weighted by atomic mass is 10.0. The molecule has 2 atom stereocenters. The van der Waals surface area contributed by atoms with E-state index in [1.807, 2.05) is 6.07 Å². The van der Waals surface area contributed by atoms with Crippen molar-refractivity contribution in [3.8, 4) is 0 Å². The third-order valence-electron chi connectivity index (χ3n) is 3.45. The molecule has 1 fully saturated rings. The summed E-state index contributed by atoms with van der Waals surface area (Å²) in [6.45, 7) is 0.849. The van der Waals surface area contributed by atoms with Gasteiger partial charge in [0, 0.05) is 19.2 Å². The normalized spacial score (nSPS) is 24.2. The van der Waals surface area contributed by atoms with Gasteiger partial charge in [0.05, 0.1) is 5.02 Å². The lowest BCUT2D eigenvalue weighted by molar-refractivity contribution is 0.205. The van der Waals surface area contributed by atoms with Crippen LogP contribution in [0, 0.1) is 11.7 Å². The Labute approximate surface area is 106 Å². The molecule has 0 radical (unpaired) electrons. The van der Waals surface area contributed by atoms with Gasteiger partial charge in [0.2, 0.25) is 0 Å². The van der Waals surface area contributed by atoms with E-state index >= 15 is 0 Å². The van der Waals surface area contributed by atoms with Gasteiger partial charge >= 0.3 is 0 Å². The molecule has 17 heavy (non-hydrogen) atoms. The number of aliphatic hydroxyl groups excluding tert-OH is 1. The quantitative estimate of drug-likeness (QED) is 0.869. The highest BCUT2D eigenvalue weighted by Crippen LogP contribution is 2.25. The number of nitrogens with one attached hydrogen (secondary N) is 1. The largest absolute Gasteiger partial charge is 0.396 e. The summed E-state index contributed by atoms with van der Waals surface area (Å²) < 4.78 is 13.2. The van der Waals surface area contributed by atoms with Crippen LogP contribution in [0.1, 0.15) is 24.8 Å². The van der Waals surface area contributed by atoms with Gasteiger partial charge in [-0.15, -0.1) is 0 Å². The molecule has 1 aliphatic carbocycles. The summed E-state index contributed by atoms with van der Waals surface area (Å²) in [5.41, 5.74) is 0.885. The van der Waals surface area contributed by atoms with Crippen molar-refractivity contribution in [2.75, 3.05) is 6.61 Å². The summed E-state index contributed by atoms with van der Waals surface area (Å²) in [7, 11) is 0. The zero-order valence-corrected chi connectivity index (χ0v) is 10.4. The maximum absolute atomic E-state index is 13.2. The van der Waals surface area contributed by atoms with E-state index in [1.165, 1.54) is 6.07 Å². The molecule has 0 bridgehead atoms. The minimum Gasteiger partial charge on any atom is -0.396 e. The van der Waals surface area contributed by atoms with Gasteiger partial charge in [-0.05, 0) is 36.5 Å². The number of hydrogen-bond acceptors (Lipinski definition) is 2. The molecule has 1 aromatic rings. The Kier molecular flexibility index (Phi) is 4.37. The molecule has 4 heteroatoms. The zero-order chi connectivity index (χ0) is 12.3. The molecule has 2 unspecified atom stereocenters. The van der Waals surface area contributed by atoms with Crippen molar-refractivity contribution in [2.24, 2.45) is 5.92 Å². The highest BCUT2D eigenvalue weighted by Gasteiger charge is 2.25. The molecule has 2 rings (SSSR count). The maximum Gasteiger partial charge on any atom is 0.142 e. The monoisotopic (exact) mass is 257 g/mol. The smallest absolute Gasteiger partial charge is 0.142 e. The fourth-order valence-electron chi connectivity index (χ4n) is 2.42. The van der Waals surface area contributed by atoms with Crippen LogP contribution in [-0.2, 0) is 6.54 Å². The number of halogens is 2. The average Bonchev–Trinajstić information content (AvgIpc) is 2.78. The Morgan fingerprint density at radius 3 is 2.94 bits per heavy atom.